The first-order chi connectivity index (χ1) is 13.7. The average molecular weight is 415 g/mol. The molecule has 0 atom stereocenters. The normalized spacial score (nSPS) is 10.7. The van der Waals surface area contributed by atoms with Gasteiger partial charge >= 0.3 is 5.97 Å². The molecular weight excluding hydrogens is 392 g/mol. The molecule has 0 bridgehead atoms. The molecule has 0 unspecified atom stereocenters. The lowest BCUT2D eigenvalue weighted by molar-refractivity contribution is -0.148. The van der Waals surface area contributed by atoms with Gasteiger partial charge in [0.2, 0.25) is 0 Å². The van der Waals surface area contributed by atoms with Gasteiger partial charge in [-0.3, -0.25) is 9.59 Å². The minimum atomic E-state index is -0.344. The zero-order valence-electron chi connectivity index (χ0n) is 15.4. The van der Waals surface area contributed by atoms with Gasteiger partial charge in [-0.15, -0.1) is 11.3 Å². The van der Waals surface area contributed by atoms with Gasteiger partial charge < -0.3 is 10.1 Å². The fraction of sp³-hybridized carbons (Fsp3) is 0.286. The zero-order chi connectivity index (χ0) is 19.6. The van der Waals surface area contributed by atoms with E-state index in [1.165, 1.54) is 4.70 Å². The van der Waals surface area contributed by atoms with E-state index in [0.29, 0.717) is 19.4 Å². The quantitative estimate of drug-likeness (QED) is 0.308. The Morgan fingerprint density at radius 1 is 1.07 bits per heavy atom. The fourth-order valence-electron chi connectivity index (χ4n) is 2.55. The largest absolute Gasteiger partial charge is 0.456 e. The van der Waals surface area contributed by atoms with E-state index < -0.39 is 0 Å². The summed E-state index contributed by atoms with van der Waals surface area (Å²) in [5, 5.41) is 2.76. The first-order valence-electron chi connectivity index (χ1n) is 9.15. The molecule has 0 radical (unpaired) electrons. The summed E-state index contributed by atoms with van der Waals surface area (Å²) in [5.41, 5.74) is 2.16. The van der Waals surface area contributed by atoms with E-state index in [1.807, 2.05) is 48.5 Å². The Hall–Kier alpha value is -2.38. The van der Waals surface area contributed by atoms with Crippen LogP contribution in [0.2, 0.25) is 0 Å². The van der Waals surface area contributed by atoms with Crippen LogP contribution < -0.4 is 5.32 Å². The van der Waals surface area contributed by atoms with E-state index in [2.05, 4.69) is 16.4 Å². The van der Waals surface area contributed by atoms with Crippen LogP contribution in [-0.4, -0.2) is 35.8 Å². The smallest absolute Gasteiger partial charge is 0.306 e. The van der Waals surface area contributed by atoms with E-state index >= 15 is 0 Å². The molecule has 1 aromatic heterocycles. The summed E-state index contributed by atoms with van der Waals surface area (Å²) >= 11 is 3.30. The van der Waals surface area contributed by atoms with Crippen molar-refractivity contribution in [2.45, 2.75) is 23.6 Å². The van der Waals surface area contributed by atoms with Gasteiger partial charge in [-0.1, -0.05) is 54.2 Å². The summed E-state index contributed by atoms with van der Waals surface area (Å²) < 4.78 is 7.21. The van der Waals surface area contributed by atoms with Crippen LogP contribution in [0.3, 0.4) is 0 Å². The molecule has 5 nitrogen and oxygen atoms in total. The van der Waals surface area contributed by atoms with Gasteiger partial charge in [0.15, 0.2) is 10.9 Å². The van der Waals surface area contributed by atoms with Gasteiger partial charge in [-0.2, -0.15) is 0 Å². The summed E-state index contributed by atoms with van der Waals surface area (Å²) in [5.74, 6) is 0.175. The SMILES string of the molecule is O=C(COC(=O)CCCSc1nc2ccccc2s1)NCCc1ccccc1. The van der Waals surface area contributed by atoms with Crippen LogP contribution in [-0.2, 0) is 20.7 Å². The molecule has 0 aliphatic carbocycles. The number of ether oxygens (including phenoxy) is 1. The van der Waals surface area contributed by atoms with E-state index in [0.717, 1.165) is 27.6 Å². The number of fused-ring (bicyclic) bond motifs is 1. The number of carbonyl (C=O) groups excluding carboxylic acids is 2. The van der Waals surface area contributed by atoms with Gasteiger partial charge in [0.05, 0.1) is 10.2 Å². The number of benzene rings is 2. The minimum absolute atomic E-state index is 0.224. The van der Waals surface area contributed by atoms with Crippen LogP contribution in [0.5, 0.6) is 0 Å². The van der Waals surface area contributed by atoms with E-state index in [1.54, 1.807) is 23.1 Å². The second-order valence-corrected chi connectivity index (χ2v) is 8.52. The molecule has 1 amide bonds. The summed E-state index contributed by atoms with van der Waals surface area (Å²) in [6, 6.07) is 17.9. The Balaban J connectivity index is 1.25. The number of nitrogens with zero attached hydrogens (tertiary/aromatic N) is 1. The first kappa shape index (κ1) is 20.4. The molecule has 0 fully saturated rings. The van der Waals surface area contributed by atoms with Gasteiger partial charge in [0.1, 0.15) is 0 Å². The lowest BCUT2D eigenvalue weighted by Gasteiger charge is -2.06. The molecule has 2 aromatic carbocycles. The van der Waals surface area contributed by atoms with Crippen molar-refractivity contribution in [1.29, 1.82) is 0 Å². The third-order valence-electron chi connectivity index (χ3n) is 3.97. The lowest BCUT2D eigenvalue weighted by atomic mass is 10.1. The number of amides is 1. The van der Waals surface area contributed by atoms with E-state index in [4.69, 9.17) is 4.74 Å². The third kappa shape index (κ3) is 6.65. The van der Waals surface area contributed by atoms with Crippen molar-refractivity contribution >= 4 is 45.2 Å². The van der Waals surface area contributed by atoms with Crippen molar-refractivity contribution in [3.63, 3.8) is 0 Å². The number of rotatable bonds is 10. The molecule has 0 aliphatic heterocycles. The van der Waals surface area contributed by atoms with Crippen LogP contribution in [0.15, 0.2) is 58.9 Å². The molecule has 1 heterocycles. The predicted octanol–water partition coefficient (Wildman–Crippen LogP) is 4.07. The van der Waals surface area contributed by atoms with Crippen LogP contribution in [0.25, 0.3) is 10.2 Å². The van der Waals surface area contributed by atoms with Gasteiger partial charge in [-0.05, 0) is 30.5 Å². The van der Waals surface area contributed by atoms with Crippen molar-refractivity contribution in [2.75, 3.05) is 18.9 Å². The number of nitrogens with one attached hydrogen (secondary N) is 1. The molecule has 1 N–H and O–H groups in total. The first-order valence-corrected chi connectivity index (χ1v) is 11.0. The zero-order valence-corrected chi connectivity index (χ0v) is 17.1. The molecule has 0 aliphatic rings. The lowest BCUT2D eigenvalue weighted by Crippen LogP contribution is -2.30. The van der Waals surface area contributed by atoms with Crippen LogP contribution in [0, 0.1) is 0 Å². The standard InChI is InChI=1S/C21H22N2O3S2/c24-19(22-13-12-16-7-2-1-3-8-16)15-26-20(25)11-6-14-27-21-23-17-9-4-5-10-18(17)28-21/h1-5,7-10H,6,11-15H2,(H,22,24). The molecule has 146 valence electrons. The Bertz CT molecular complexity index is 879. The maximum atomic E-state index is 11.8. The van der Waals surface area contributed by atoms with Gasteiger partial charge in [0.25, 0.3) is 5.91 Å². The Labute approximate surface area is 172 Å². The summed E-state index contributed by atoms with van der Waals surface area (Å²) in [6.45, 7) is 0.303. The number of esters is 1. The number of thiazole rings is 1. The molecule has 0 spiro atoms. The van der Waals surface area contributed by atoms with Crippen LogP contribution in [0.1, 0.15) is 18.4 Å². The molecule has 7 heteroatoms. The van der Waals surface area contributed by atoms with Gasteiger partial charge in [-0.25, -0.2) is 4.98 Å². The summed E-state index contributed by atoms with van der Waals surface area (Å²) in [7, 11) is 0. The number of carbonyl (C=O) groups is 2. The fourth-order valence-corrected chi connectivity index (χ4v) is 4.63. The predicted molar refractivity (Wildman–Crippen MR) is 114 cm³/mol. The number of para-hydroxylation sites is 1. The highest BCUT2D eigenvalue weighted by atomic mass is 32.2. The van der Waals surface area contributed by atoms with E-state index in [9.17, 15) is 9.59 Å². The second-order valence-electron chi connectivity index (χ2n) is 6.15. The van der Waals surface area contributed by atoms with Crippen LogP contribution in [0.4, 0.5) is 0 Å². The third-order valence-corrected chi connectivity index (χ3v) is 6.23. The number of hydrogen-bond donors (Lipinski definition) is 1. The topological polar surface area (TPSA) is 68.3 Å². The molecule has 3 aromatic rings. The molecule has 0 saturated carbocycles. The molecule has 3 rings (SSSR count). The Morgan fingerprint density at radius 3 is 2.68 bits per heavy atom. The van der Waals surface area contributed by atoms with Crippen molar-refractivity contribution in [3.05, 3.63) is 60.2 Å². The number of hydrogen-bond acceptors (Lipinski definition) is 6. The maximum absolute atomic E-state index is 11.8. The van der Waals surface area contributed by atoms with Crippen molar-refractivity contribution < 1.29 is 14.3 Å². The molecular formula is C21H22N2O3S2. The van der Waals surface area contributed by atoms with Gasteiger partial charge in [0, 0.05) is 18.7 Å². The highest BCUT2D eigenvalue weighted by Crippen LogP contribution is 2.29. The number of thioether (sulfide) groups is 1. The van der Waals surface area contributed by atoms with Crippen molar-refractivity contribution in [1.82, 2.24) is 10.3 Å². The summed E-state index contributed by atoms with van der Waals surface area (Å²) in [4.78, 5) is 28.1. The Kier molecular flexibility index (Phi) is 7.87. The highest BCUT2D eigenvalue weighted by molar-refractivity contribution is 8.01. The molecule has 0 saturated heterocycles. The van der Waals surface area contributed by atoms with E-state index in [-0.39, 0.29) is 18.5 Å². The van der Waals surface area contributed by atoms with Crippen molar-refractivity contribution in [3.8, 4) is 0 Å². The van der Waals surface area contributed by atoms with Crippen molar-refractivity contribution in [2.24, 2.45) is 0 Å². The maximum Gasteiger partial charge on any atom is 0.306 e. The second kappa shape index (κ2) is 10.8. The Morgan fingerprint density at radius 2 is 1.86 bits per heavy atom. The van der Waals surface area contributed by atoms with Crippen LogP contribution >= 0.6 is 23.1 Å². The highest BCUT2D eigenvalue weighted by Gasteiger charge is 2.08. The average Bonchev–Trinajstić information content (AvgIpc) is 3.13. The minimum Gasteiger partial charge on any atom is -0.456 e. The number of aromatic nitrogens is 1. The monoisotopic (exact) mass is 414 g/mol. The molecule has 28 heavy (non-hydrogen) atoms. The summed E-state index contributed by atoms with van der Waals surface area (Å²) in [6.07, 6.45) is 1.74.